The van der Waals surface area contributed by atoms with E-state index in [-0.39, 0.29) is 11.8 Å². The van der Waals surface area contributed by atoms with Crippen molar-refractivity contribution in [1.29, 1.82) is 0 Å². The van der Waals surface area contributed by atoms with Crippen LogP contribution in [0.25, 0.3) is 0 Å². The third-order valence-corrected chi connectivity index (χ3v) is 6.44. The Morgan fingerprint density at radius 2 is 1.44 bits per heavy atom. The molecule has 2 unspecified atom stereocenters. The van der Waals surface area contributed by atoms with E-state index in [4.69, 9.17) is 4.74 Å². The number of aryl methyl sites for hydroxylation is 1. The third kappa shape index (κ3) is 3.53. The number of piperazine rings is 1. The predicted molar refractivity (Wildman–Crippen MR) is 122 cm³/mol. The first-order valence-electron chi connectivity index (χ1n) is 11.1. The predicted octanol–water partition coefficient (Wildman–Crippen LogP) is 3.29. The lowest BCUT2D eigenvalue weighted by atomic mass is 9.88. The molecule has 3 aromatic carbocycles. The molecule has 0 aromatic heterocycles. The van der Waals surface area contributed by atoms with Crippen LogP contribution >= 0.6 is 0 Å². The van der Waals surface area contributed by atoms with Crippen molar-refractivity contribution in [1.82, 2.24) is 10.2 Å². The molecular weight excluding hydrogens is 400 g/mol. The summed E-state index contributed by atoms with van der Waals surface area (Å²) < 4.78 is 6.21. The standard InChI is InChI=1S/C27H26N2O3/c30-25(17-16-20-10-4-1-5-11-20)23-18-28-19-24-26(31)32-27(29(23)24,21-12-6-2-7-13-21)22-14-8-3-9-15-22/h1-15,23-24,28H,16-19H2. The van der Waals surface area contributed by atoms with Crippen LogP contribution in [0.5, 0.6) is 0 Å². The van der Waals surface area contributed by atoms with Crippen molar-refractivity contribution in [3.8, 4) is 0 Å². The zero-order valence-electron chi connectivity index (χ0n) is 17.8. The third-order valence-electron chi connectivity index (χ3n) is 6.44. The Bertz CT molecular complexity index is 1050. The van der Waals surface area contributed by atoms with Gasteiger partial charge in [0.1, 0.15) is 6.04 Å². The van der Waals surface area contributed by atoms with Crippen LogP contribution < -0.4 is 5.32 Å². The van der Waals surface area contributed by atoms with Crippen LogP contribution in [0.3, 0.4) is 0 Å². The lowest BCUT2D eigenvalue weighted by molar-refractivity contribution is -0.152. The van der Waals surface area contributed by atoms with Crippen molar-refractivity contribution < 1.29 is 14.3 Å². The molecule has 162 valence electrons. The van der Waals surface area contributed by atoms with Gasteiger partial charge in [-0.2, -0.15) is 0 Å². The van der Waals surface area contributed by atoms with E-state index in [1.807, 2.05) is 95.9 Å². The van der Waals surface area contributed by atoms with Gasteiger partial charge in [0.2, 0.25) is 5.72 Å². The fourth-order valence-corrected chi connectivity index (χ4v) is 4.93. The fourth-order valence-electron chi connectivity index (χ4n) is 4.93. The monoisotopic (exact) mass is 426 g/mol. The molecule has 5 heteroatoms. The molecule has 2 aliphatic rings. The molecule has 2 saturated heterocycles. The molecule has 1 N–H and O–H groups in total. The van der Waals surface area contributed by atoms with Gasteiger partial charge >= 0.3 is 5.97 Å². The summed E-state index contributed by atoms with van der Waals surface area (Å²) in [5.41, 5.74) is 1.71. The Morgan fingerprint density at radius 1 is 0.875 bits per heavy atom. The van der Waals surface area contributed by atoms with E-state index in [0.29, 0.717) is 25.9 Å². The molecule has 2 atom stereocenters. The van der Waals surface area contributed by atoms with Crippen LogP contribution in [0.1, 0.15) is 23.1 Å². The summed E-state index contributed by atoms with van der Waals surface area (Å²) >= 11 is 0. The summed E-state index contributed by atoms with van der Waals surface area (Å²) in [6.45, 7) is 0.949. The number of cyclic esters (lactones) is 1. The number of rotatable bonds is 6. The SMILES string of the molecule is O=C(CCc1ccccc1)C1CNCC2C(=O)OC(c3ccccc3)(c3ccccc3)N12. The number of esters is 1. The average molecular weight is 427 g/mol. The normalized spacial score (nSPS) is 22.2. The van der Waals surface area contributed by atoms with E-state index in [2.05, 4.69) is 5.32 Å². The van der Waals surface area contributed by atoms with Crippen molar-refractivity contribution >= 4 is 11.8 Å². The molecule has 2 aliphatic heterocycles. The Kier molecular flexibility index (Phi) is 5.60. The van der Waals surface area contributed by atoms with Gasteiger partial charge in [-0.3, -0.25) is 9.59 Å². The van der Waals surface area contributed by atoms with E-state index >= 15 is 0 Å². The number of fused-ring (bicyclic) bond motifs is 1. The summed E-state index contributed by atoms with van der Waals surface area (Å²) in [6, 6.07) is 28.6. The number of hydrogen-bond donors (Lipinski definition) is 1. The van der Waals surface area contributed by atoms with E-state index in [0.717, 1.165) is 16.7 Å². The number of carbonyl (C=O) groups excluding carboxylic acids is 2. The highest BCUT2D eigenvalue weighted by Crippen LogP contribution is 2.45. The Morgan fingerprint density at radius 3 is 2.03 bits per heavy atom. The van der Waals surface area contributed by atoms with Crippen molar-refractivity contribution in [2.24, 2.45) is 0 Å². The zero-order valence-corrected chi connectivity index (χ0v) is 17.8. The molecule has 0 amide bonds. The zero-order chi connectivity index (χ0) is 22.0. The highest BCUT2D eigenvalue weighted by Gasteiger charge is 2.60. The maximum atomic E-state index is 13.5. The Hall–Kier alpha value is -3.28. The summed E-state index contributed by atoms with van der Waals surface area (Å²) in [5.74, 6) is -0.189. The molecule has 32 heavy (non-hydrogen) atoms. The van der Waals surface area contributed by atoms with Gasteiger partial charge in [0, 0.05) is 30.6 Å². The maximum Gasteiger partial charge on any atom is 0.327 e. The number of nitrogens with zero attached hydrogens (tertiary/aromatic N) is 1. The number of nitrogens with one attached hydrogen (secondary N) is 1. The molecule has 0 spiro atoms. The molecule has 5 rings (SSSR count). The smallest absolute Gasteiger partial charge is 0.327 e. The number of benzene rings is 3. The van der Waals surface area contributed by atoms with Crippen molar-refractivity contribution in [2.45, 2.75) is 30.7 Å². The summed E-state index contributed by atoms with van der Waals surface area (Å²) in [7, 11) is 0. The summed E-state index contributed by atoms with van der Waals surface area (Å²) in [4.78, 5) is 28.6. The van der Waals surface area contributed by atoms with Crippen molar-refractivity contribution in [2.75, 3.05) is 13.1 Å². The molecule has 0 radical (unpaired) electrons. The molecule has 5 nitrogen and oxygen atoms in total. The Labute approximate surface area is 188 Å². The molecular formula is C27H26N2O3. The van der Waals surface area contributed by atoms with Crippen LogP contribution in [0, 0.1) is 0 Å². The second kappa shape index (κ2) is 8.69. The van der Waals surface area contributed by atoms with Crippen molar-refractivity contribution in [3.63, 3.8) is 0 Å². The molecule has 0 aliphatic carbocycles. The first-order valence-corrected chi connectivity index (χ1v) is 11.1. The Balaban J connectivity index is 1.55. The van der Waals surface area contributed by atoms with Crippen LogP contribution in [-0.4, -0.2) is 41.8 Å². The molecule has 0 saturated carbocycles. The molecule has 2 fully saturated rings. The number of hydrogen-bond acceptors (Lipinski definition) is 5. The first-order chi connectivity index (χ1) is 15.7. The summed E-state index contributed by atoms with van der Waals surface area (Å²) in [6.07, 6.45) is 1.08. The minimum absolute atomic E-state index is 0.112. The minimum Gasteiger partial charge on any atom is -0.434 e. The van der Waals surface area contributed by atoms with Gasteiger partial charge in [-0.1, -0.05) is 91.0 Å². The largest absolute Gasteiger partial charge is 0.434 e. The molecule has 0 bridgehead atoms. The maximum absolute atomic E-state index is 13.5. The molecule has 2 heterocycles. The van der Waals surface area contributed by atoms with Gasteiger partial charge in [-0.15, -0.1) is 0 Å². The first kappa shape index (κ1) is 20.6. The highest BCUT2D eigenvalue weighted by atomic mass is 16.6. The van der Waals surface area contributed by atoms with Gasteiger partial charge < -0.3 is 10.1 Å². The topological polar surface area (TPSA) is 58.6 Å². The summed E-state index contributed by atoms with van der Waals surface area (Å²) in [5, 5.41) is 3.29. The van der Waals surface area contributed by atoms with Gasteiger partial charge in [0.25, 0.3) is 0 Å². The quantitative estimate of drug-likeness (QED) is 0.613. The van der Waals surface area contributed by atoms with E-state index < -0.39 is 17.8 Å². The van der Waals surface area contributed by atoms with Gasteiger partial charge in [-0.05, 0) is 12.0 Å². The lowest BCUT2D eigenvalue weighted by Gasteiger charge is -2.44. The minimum atomic E-state index is -1.13. The lowest BCUT2D eigenvalue weighted by Crippen LogP contribution is -2.64. The number of carbonyl (C=O) groups is 2. The second-order valence-electron chi connectivity index (χ2n) is 8.35. The van der Waals surface area contributed by atoms with Gasteiger partial charge in [0.15, 0.2) is 5.78 Å². The molecule has 3 aromatic rings. The van der Waals surface area contributed by atoms with E-state index in [9.17, 15) is 9.59 Å². The number of ether oxygens (including phenoxy) is 1. The van der Waals surface area contributed by atoms with E-state index in [1.165, 1.54) is 0 Å². The van der Waals surface area contributed by atoms with E-state index in [1.54, 1.807) is 0 Å². The van der Waals surface area contributed by atoms with Gasteiger partial charge in [0.05, 0.1) is 6.04 Å². The van der Waals surface area contributed by atoms with Crippen LogP contribution in [-0.2, 0) is 26.5 Å². The van der Waals surface area contributed by atoms with Crippen molar-refractivity contribution in [3.05, 3.63) is 108 Å². The van der Waals surface area contributed by atoms with Crippen LogP contribution in [0.15, 0.2) is 91.0 Å². The van der Waals surface area contributed by atoms with Crippen LogP contribution in [0.4, 0.5) is 0 Å². The highest BCUT2D eigenvalue weighted by molar-refractivity contribution is 5.88. The fraction of sp³-hybridized carbons (Fsp3) is 0.259. The second-order valence-corrected chi connectivity index (χ2v) is 8.35. The number of Topliss-reactive ketones (excluding diaryl/α,β-unsaturated/α-hetero) is 1. The van der Waals surface area contributed by atoms with Gasteiger partial charge in [-0.25, -0.2) is 4.90 Å². The number of ketones is 1. The average Bonchev–Trinajstić information content (AvgIpc) is 3.18. The van der Waals surface area contributed by atoms with Crippen LogP contribution in [0.2, 0.25) is 0 Å².